The summed E-state index contributed by atoms with van der Waals surface area (Å²) in [5, 5.41) is 13.8. The van der Waals surface area contributed by atoms with Gasteiger partial charge in [-0.25, -0.2) is 13.2 Å². The Hall–Kier alpha value is -3.38. The van der Waals surface area contributed by atoms with Crippen molar-refractivity contribution in [2.75, 3.05) is 11.8 Å². The first-order valence-electron chi connectivity index (χ1n) is 10.7. The van der Waals surface area contributed by atoms with E-state index in [2.05, 4.69) is 10.0 Å². The molecule has 1 saturated carbocycles. The number of anilines is 1. The molecule has 0 aromatic heterocycles. The Morgan fingerprint density at radius 1 is 1.17 bits per heavy atom. The third-order valence-electron chi connectivity index (χ3n) is 5.46. The Morgan fingerprint density at radius 3 is 2.49 bits per heavy atom. The van der Waals surface area contributed by atoms with Gasteiger partial charge in [0, 0.05) is 18.2 Å². The molecule has 13 heteroatoms. The molecule has 1 aliphatic rings. The van der Waals surface area contributed by atoms with Crippen LogP contribution in [0, 0.1) is 10.1 Å². The lowest BCUT2D eigenvalue weighted by atomic mass is 10.2. The maximum atomic E-state index is 13.0. The predicted molar refractivity (Wildman–Crippen MR) is 127 cm³/mol. The fourth-order valence-electron chi connectivity index (χ4n) is 3.59. The predicted octanol–water partition coefficient (Wildman–Crippen LogP) is 3.66. The molecule has 1 amide bonds. The van der Waals surface area contributed by atoms with Crippen LogP contribution in [0.15, 0.2) is 41.3 Å². The summed E-state index contributed by atoms with van der Waals surface area (Å²) in [7, 11) is -3.04. The highest BCUT2D eigenvalue weighted by Gasteiger charge is 2.26. The molecule has 11 nitrogen and oxygen atoms in total. The second-order valence-corrected chi connectivity index (χ2v) is 10.0. The fourth-order valence-corrected chi connectivity index (χ4v) is 4.87. The summed E-state index contributed by atoms with van der Waals surface area (Å²) in [6, 6.07) is 6.81. The molecule has 1 fully saturated rings. The lowest BCUT2D eigenvalue weighted by Gasteiger charge is -2.17. The number of hydrogen-bond donors (Lipinski definition) is 2. The number of esters is 1. The number of amides is 1. The molecule has 1 atom stereocenters. The fraction of sp³-hybridized carbons (Fsp3) is 0.364. The topological polar surface area (TPSA) is 154 Å². The van der Waals surface area contributed by atoms with Crippen LogP contribution in [0.3, 0.4) is 0 Å². The maximum Gasteiger partial charge on any atom is 0.340 e. The number of benzene rings is 2. The van der Waals surface area contributed by atoms with Gasteiger partial charge in [-0.15, -0.1) is 0 Å². The van der Waals surface area contributed by atoms with Gasteiger partial charge in [0.25, 0.3) is 21.6 Å². The van der Waals surface area contributed by atoms with Gasteiger partial charge in [0.05, 0.1) is 33.2 Å². The lowest BCUT2D eigenvalue weighted by Crippen LogP contribution is -2.40. The van der Waals surface area contributed by atoms with E-state index in [4.69, 9.17) is 21.1 Å². The number of carbonyl (C=O) groups is 2. The first-order valence-corrected chi connectivity index (χ1v) is 12.5. The molecule has 0 radical (unpaired) electrons. The number of sulfonamides is 1. The molecule has 0 bridgehead atoms. The van der Waals surface area contributed by atoms with Gasteiger partial charge in [-0.3, -0.25) is 19.6 Å². The Balaban J connectivity index is 1.80. The van der Waals surface area contributed by atoms with Crippen LogP contribution in [-0.4, -0.2) is 44.5 Å². The molecule has 0 saturated heterocycles. The highest BCUT2D eigenvalue weighted by Crippen LogP contribution is 2.31. The van der Waals surface area contributed by atoms with Crippen LogP contribution in [0.4, 0.5) is 11.4 Å². The van der Waals surface area contributed by atoms with E-state index in [-0.39, 0.29) is 38.6 Å². The second kappa shape index (κ2) is 10.9. The number of ether oxygens (including phenoxy) is 2. The van der Waals surface area contributed by atoms with Crippen LogP contribution in [0.25, 0.3) is 0 Å². The third-order valence-corrected chi connectivity index (χ3v) is 7.15. The van der Waals surface area contributed by atoms with Crippen molar-refractivity contribution in [1.82, 2.24) is 5.32 Å². The molecule has 0 unspecified atom stereocenters. The summed E-state index contributed by atoms with van der Waals surface area (Å²) in [5.41, 5.74) is -0.784. The molecule has 188 valence electrons. The molecular formula is C22H24ClN3O8S. The SMILES string of the molecule is COc1ccc([N+](=O)[O-])cc1NS(=O)(=O)c1ccc(Cl)c(C(=O)O[C@@H](C)C(=O)NC2CCCC2)c1. The van der Waals surface area contributed by atoms with Gasteiger partial charge < -0.3 is 14.8 Å². The summed E-state index contributed by atoms with van der Waals surface area (Å²) in [5.74, 6) is -1.38. The van der Waals surface area contributed by atoms with Crippen LogP contribution in [-0.2, 0) is 19.6 Å². The van der Waals surface area contributed by atoms with Crippen LogP contribution in [0.1, 0.15) is 43.0 Å². The second-order valence-electron chi connectivity index (χ2n) is 7.93. The van der Waals surface area contributed by atoms with Crippen molar-refractivity contribution in [2.24, 2.45) is 0 Å². The van der Waals surface area contributed by atoms with E-state index in [0.717, 1.165) is 49.9 Å². The van der Waals surface area contributed by atoms with Crippen molar-refractivity contribution < 1.29 is 32.4 Å². The number of rotatable bonds is 9. The van der Waals surface area contributed by atoms with E-state index < -0.39 is 32.9 Å². The standard InChI is InChI=1S/C22H24ClN3O8S/c1-13(21(27)24-14-5-3-4-6-14)34-22(28)17-12-16(8-9-18(17)23)35(31,32)25-19-11-15(26(29)30)7-10-20(19)33-2/h7-14,25H,3-6H2,1-2H3,(H,24,27)/t13-/m0/s1. The highest BCUT2D eigenvalue weighted by atomic mass is 35.5. The lowest BCUT2D eigenvalue weighted by molar-refractivity contribution is -0.384. The first kappa shape index (κ1) is 26.2. The van der Waals surface area contributed by atoms with Gasteiger partial charge >= 0.3 is 5.97 Å². The minimum Gasteiger partial charge on any atom is -0.495 e. The minimum absolute atomic E-state index is 0.0394. The quantitative estimate of drug-likeness (QED) is 0.285. The van der Waals surface area contributed by atoms with Crippen molar-refractivity contribution in [3.05, 3.63) is 57.1 Å². The van der Waals surface area contributed by atoms with E-state index in [0.29, 0.717) is 0 Å². The maximum absolute atomic E-state index is 13.0. The van der Waals surface area contributed by atoms with Gasteiger partial charge in [0.1, 0.15) is 5.75 Å². The largest absolute Gasteiger partial charge is 0.495 e. The number of nitrogens with zero attached hydrogens (tertiary/aromatic N) is 1. The smallest absolute Gasteiger partial charge is 0.340 e. The molecule has 2 aromatic rings. The highest BCUT2D eigenvalue weighted by molar-refractivity contribution is 7.92. The van der Waals surface area contributed by atoms with Gasteiger partial charge in [-0.1, -0.05) is 24.4 Å². The summed E-state index contributed by atoms with van der Waals surface area (Å²) >= 11 is 6.09. The molecule has 1 aliphatic carbocycles. The number of carbonyl (C=O) groups excluding carboxylic acids is 2. The summed E-state index contributed by atoms with van der Waals surface area (Å²) in [4.78, 5) is 35.0. The number of nitro groups is 1. The van der Waals surface area contributed by atoms with Crippen molar-refractivity contribution in [1.29, 1.82) is 0 Å². The average Bonchev–Trinajstić information content (AvgIpc) is 3.31. The zero-order chi connectivity index (χ0) is 25.8. The number of halogens is 1. The van der Waals surface area contributed by atoms with E-state index in [1.165, 1.54) is 26.2 Å². The molecule has 2 N–H and O–H groups in total. The Labute approximate surface area is 206 Å². The number of hydrogen-bond acceptors (Lipinski definition) is 8. The molecule has 3 rings (SSSR count). The summed E-state index contributed by atoms with van der Waals surface area (Å²) in [6.07, 6.45) is 2.64. The van der Waals surface area contributed by atoms with Crippen LogP contribution < -0.4 is 14.8 Å². The van der Waals surface area contributed by atoms with Gasteiger partial charge in [0.2, 0.25) is 0 Å². The normalized spacial score (nSPS) is 14.7. The van der Waals surface area contributed by atoms with Gasteiger partial charge in [-0.05, 0) is 44.0 Å². The number of non-ortho nitro benzene ring substituents is 1. The van der Waals surface area contributed by atoms with E-state index >= 15 is 0 Å². The van der Waals surface area contributed by atoms with Crippen LogP contribution in [0.2, 0.25) is 5.02 Å². The third kappa shape index (κ3) is 6.40. The number of methoxy groups -OCH3 is 1. The van der Waals surface area contributed by atoms with Crippen molar-refractivity contribution >= 4 is 44.9 Å². The summed E-state index contributed by atoms with van der Waals surface area (Å²) in [6.45, 7) is 1.41. The molecule has 35 heavy (non-hydrogen) atoms. The minimum atomic E-state index is -4.32. The van der Waals surface area contributed by atoms with E-state index in [1.807, 2.05) is 0 Å². The Kier molecular flexibility index (Phi) is 8.18. The molecule has 0 spiro atoms. The average molecular weight is 526 g/mol. The number of nitrogens with one attached hydrogen (secondary N) is 2. The van der Waals surface area contributed by atoms with Crippen molar-refractivity contribution in [2.45, 2.75) is 49.6 Å². The van der Waals surface area contributed by atoms with Crippen LogP contribution in [0.5, 0.6) is 5.75 Å². The van der Waals surface area contributed by atoms with Crippen molar-refractivity contribution in [3.8, 4) is 5.75 Å². The summed E-state index contributed by atoms with van der Waals surface area (Å²) < 4.78 is 38.4. The van der Waals surface area contributed by atoms with E-state index in [1.54, 1.807) is 0 Å². The van der Waals surface area contributed by atoms with Crippen LogP contribution >= 0.6 is 11.6 Å². The molecule has 0 aliphatic heterocycles. The molecule has 2 aromatic carbocycles. The van der Waals surface area contributed by atoms with Gasteiger partial charge in [-0.2, -0.15) is 0 Å². The molecule has 0 heterocycles. The zero-order valence-electron chi connectivity index (χ0n) is 18.9. The Bertz CT molecular complexity index is 1250. The monoisotopic (exact) mass is 525 g/mol. The van der Waals surface area contributed by atoms with E-state index in [9.17, 15) is 28.1 Å². The molecular weight excluding hydrogens is 502 g/mol. The zero-order valence-corrected chi connectivity index (χ0v) is 20.5. The van der Waals surface area contributed by atoms with Crippen molar-refractivity contribution in [3.63, 3.8) is 0 Å². The Morgan fingerprint density at radius 2 is 1.86 bits per heavy atom. The first-order chi connectivity index (χ1) is 16.5. The number of nitro benzene ring substituents is 1. The van der Waals surface area contributed by atoms with Gasteiger partial charge in [0.15, 0.2) is 6.10 Å².